The first kappa shape index (κ1) is 21.0. The summed E-state index contributed by atoms with van der Waals surface area (Å²) in [6.45, 7) is 8.52. The van der Waals surface area contributed by atoms with Gasteiger partial charge in [0.1, 0.15) is 0 Å². The Kier molecular flexibility index (Phi) is 7.49. The van der Waals surface area contributed by atoms with Gasteiger partial charge in [-0.1, -0.05) is 91.8 Å². The lowest BCUT2D eigenvalue weighted by molar-refractivity contribution is 0.800. The summed E-state index contributed by atoms with van der Waals surface area (Å²) in [4.78, 5) is 0. The Morgan fingerprint density at radius 1 is 0.833 bits per heavy atom. The van der Waals surface area contributed by atoms with E-state index in [-0.39, 0.29) is 5.92 Å². The predicted octanol–water partition coefficient (Wildman–Crippen LogP) is 7.04. The van der Waals surface area contributed by atoms with Crippen molar-refractivity contribution in [2.24, 2.45) is 5.92 Å². The molecule has 0 unspecified atom stereocenters. The summed E-state index contributed by atoms with van der Waals surface area (Å²) in [6.07, 6.45) is 5.21. The van der Waals surface area contributed by atoms with Gasteiger partial charge in [-0.15, -0.1) is 0 Å². The topological polar surface area (TPSA) is 0 Å². The molecule has 0 aliphatic rings. The first-order valence-corrected chi connectivity index (χ1v) is 10.3. The largest absolute Gasteiger partial charge is 0.0912 e. The fraction of sp³-hybridized carbons (Fsp3) is 0.133. The van der Waals surface area contributed by atoms with E-state index in [1.807, 2.05) is 60.7 Å². The second-order valence-electron chi connectivity index (χ2n) is 7.18. The van der Waals surface area contributed by atoms with E-state index in [0.29, 0.717) is 0 Å². The average molecular weight is 387 g/mol. The zero-order valence-corrected chi connectivity index (χ0v) is 17.7. The fourth-order valence-electron chi connectivity index (χ4n) is 3.07. The third kappa shape index (κ3) is 6.13. The molecular formula is C30H26. The van der Waals surface area contributed by atoms with Crippen molar-refractivity contribution in [2.75, 3.05) is 0 Å². The van der Waals surface area contributed by atoms with E-state index in [1.165, 1.54) is 5.56 Å². The SMILES string of the molecule is C=C(/C=C\[C@@H](C#Cc1ccccc1)CC)c1ccc(C#Cc2ccccc2)cc1C. The van der Waals surface area contributed by atoms with Crippen molar-refractivity contribution in [3.63, 3.8) is 0 Å². The van der Waals surface area contributed by atoms with E-state index in [2.05, 4.69) is 74.5 Å². The summed E-state index contributed by atoms with van der Waals surface area (Å²) >= 11 is 0. The van der Waals surface area contributed by atoms with Gasteiger partial charge < -0.3 is 0 Å². The summed E-state index contributed by atoms with van der Waals surface area (Å²) in [5, 5.41) is 0. The summed E-state index contributed by atoms with van der Waals surface area (Å²) < 4.78 is 0. The Hall–Kier alpha value is -3.74. The van der Waals surface area contributed by atoms with Gasteiger partial charge in [0.05, 0.1) is 0 Å². The molecule has 0 heteroatoms. The second kappa shape index (κ2) is 10.7. The Labute approximate surface area is 181 Å². The lowest BCUT2D eigenvalue weighted by atomic mass is 9.97. The highest BCUT2D eigenvalue weighted by Gasteiger charge is 2.03. The molecule has 30 heavy (non-hydrogen) atoms. The van der Waals surface area contributed by atoms with Crippen LogP contribution in [0, 0.1) is 36.5 Å². The normalized spacial score (nSPS) is 11.1. The van der Waals surface area contributed by atoms with Crippen LogP contribution in [-0.4, -0.2) is 0 Å². The lowest BCUT2D eigenvalue weighted by Gasteiger charge is -2.07. The van der Waals surface area contributed by atoms with Crippen LogP contribution in [0.5, 0.6) is 0 Å². The molecule has 3 aromatic carbocycles. The first-order valence-electron chi connectivity index (χ1n) is 10.3. The van der Waals surface area contributed by atoms with Crippen molar-refractivity contribution in [1.29, 1.82) is 0 Å². The molecule has 3 aromatic rings. The van der Waals surface area contributed by atoms with Crippen LogP contribution in [-0.2, 0) is 0 Å². The number of rotatable bonds is 4. The van der Waals surface area contributed by atoms with E-state index in [9.17, 15) is 0 Å². The van der Waals surface area contributed by atoms with Gasteiger partial charge in [0.15, 0.2) is 0 Å². The van der Waals surface area contributed by atoms with E-state index < -0.39 is 0 Å². The van der Waals surface area contributed by atoms with Gasteiger partial charge in [0.2, 0.25) is 0 Å². The molecule has 3 rings (SSSR count). The molecule has 0 nitrogen and oxygen atoms in total. The number of benzene rings is 3. The molecule has 0 radical (unpaired) electrons. The van der Waals surface area contributed by atoms with E-state index >= 15 is 0 Å². The lowest BCUT2D eigenvalue weighted by Crippen LogP contribution is -1.91. The Morgan fingerprint density at radius 3 is 2.03 bits per heavy atom. The van der Waals surface area contributed by atoms with Crippen molar-refractivity contribution < 1.29 is 0 Å². The highest BCUT2D eigenvalue weighted by atomic mass is 14.1. The Bertz CT molecular complexity index is 1140. The Morgan fingerprint density at radius 2 is 1.43 bits per heavy atom. The summed E-state index contributed by atoms with van der Waals surface area (Å²) in [5.41, 5.74) is 6.39. The molecule has 0 aliphatic carbocycles. The minimum Gasteiger partial charge on any atom is -0.0912 e. The zero-order chi connectivity index (χ0) is 21.2. The molecule has 0 fully saturated rings. The smallest absolute Gasteiger partial charge is 0.0387 e. The standard InChI is InChI=1S/C30H26/c1-4-26(17-18-27-11-7-5-8-12-27)16-15-24(2)30-22-21-29(23-25(30)3)20-19-28-13-9-6-10-14-28/h5-16,21-23,26H,2,4H2,1,3H3/b16-15-/t26-/m0/s1. The average Bonchev–Trinajstić information content (AvgIpc) is 2.79. The predicted molar refractivity (Wildman–Crippen MR) is 129 cm³/mol. The van der Waals surface area contributed by atoms with Gasteiger partial charge in [0, 0.05) is 22.6 Å². The Balaban J connectivity index is 1.70. The highest BCUT2D eigenvalue weighted by Crippen LogP contribution is 2.21. The van der Waals surface area contributed by atoms with Crippen LogP contribution >= 0.6 is 0 Å². The number of hydrogen-bond acceptors (Lipinski definition) is 0. The quantitative estimate of drug-likeness (QED) is 0.333. The van der Waals surface area contributed by atoms with Gasteiger partial charge in [-0.2, -0.15) is 0 Å². The van der Waals surface area contributed by atoms with E-state index in [0.717, 1.165) is 34.2 Å². The summed E-state index contributed by atoms with van der Waals surface area (Å²) in [7, 11) is 0. The van der Waals surface area contributed by atoms with Crippen molar-refractivity contribution in [2.45, 2.75) is 20.3 Å². The molecule has 0 amide bonds. The summed E-state index contributed by atoms with van der Waals surface area (Å²) in [6, 6.07) is 26.4. The van der Waals surface area contributed by atoms with Crippen molar-refractivity contribution >= 4 is 5.57 Å². The van der Waals surface area contributed by atoms with Gasteiger partial charge >= 0.3 is 0 Å². The molecule has 0 spiro atoms. The maximum absolute atomic E-state index is 4.26. The van der Waals surface area contributed by atoms with Crippen LogP contribution in [0.25, 0.3) is 5.57 Å². The summed E-state index contributed by atoms with van der Waals surface area (Å²) in [5.74, 6) is 13.3. The maximum Gasteiger partial charge on any atom is 0.0387 e. The number of aryl methyl sites for hydroxylation is 1. The van der Waals surface area contributed by atoms with E-state index in [1.54, 1.807) is 0 Å². The fourth-order valence-corrected chi connectivity index (χ4v) is 3.07. The van der Waals surface area contributed by atoms with Crippen molar-refractivity contribution in [3.8, 4) is 23.7 Å². The van der Waals surface area contributed by atoms with Crippen LogP contribution in [0.2, 0.25) is 0 Å². The third-order valence-electron chi connectivity index (χ3n) is 4.84. The zero-order valence-electron chi connectivity index (χ0n) is 17.7. The highest BCUT2D eigenvalue weighted by molar-refractivity contribution is 5.74. The van der Waals surface area contributed by atoms with Crippen molar-refractivity contribution in [1.82, 2.24) is 0 Å². The molecule has 0 saturated carbocycles. The molecule has 146 valence electrons. The van der Waals surface area contributed by atoms with Gasteiger partial charge in [-0.3, -0.25) is 0 Å². The minimum atomic E-state index is 0.207. The molecule has 0 heterocycles. The van der Waals surface area contributed by atoms with Gasteiger partial charge in [0.25, 0.3) is 0 Å². The van der Waals surface area contributed by atoms with Crippen LogP contribution in [0.4, 0.5) is 0 Å². The molecule has 1 atom stereocenters. The molecule has 0 aromatic heterocycles. The van der Waals surface area contributed by atoms with Crippen LogP contribution in [0.1, 0.15) is 41.2 Å². The monoisotopic (exact) mass is 386 g/mol. The maximum atomic E-state index is 4.26. The van der Waals surface area contributed by atoms with Gasteiger partial charge in [-0.25, -0.2) is 0 Å². The molecular weight excluding hydrogens is 360 g/mol. The molecule has 0 N–H and O–H groups in total. The molecule has 0 bridgehead atoms. The second-order valence-corrected chi connectivity index (χ2v) is 7.18. The van der Waals surface area contributed by atoms with Gasteiger partial charge in [-0.05, 0) is 66.4 Å². The first-order chi connectivity index (χ1) is 14.7. The number of allylic oxidation sites excluding steroid dienone is 3. The molecule has 0 aliphatic heterocycles. The van der Waals surface area contributed by atoms with Crippen LogP contribution in [0.15, 0.2) is 97.6 Å². The van der Waals surface area contributed by atoms with Crippen LogP contribution in [0.3, 0.4) is 0 Å². The number of hydrogen-bond donors (Lipinski definition) is 0. The third-order valence-corrected chi connectivity index (χ3v) is 4.84. The molecule has 0 saturated heterocycles. The minimum absolute atomic E-state index is 0.207. The van der Waals surface area contributed by atoms with Crippen molar-refractivity contribution in [3.05, 3.63) is 125 Å². The van der Waals surface area contributed by atoms with Crippen LogP contribution < -0.4 is 0 Å². The van der Waals surface area contributed by atoms with E-state index in [4.69, 9.17) is 0 Å².